The molecule has 1 saturated heterocycles. The zero-order chi connectivity index (χ0) is 13.3. The average molecular weight is 332 g/mol. The van der Waals surface area contributed by atoms with Crippen LogP contribution in [-0.4, -0.2) is 24.0 Å². The molecule has 0 radical (unpaired) electrons. The average Bonchev–Trinajstić information content (AvgIpc) is 2.86. The van der Waals surface area contributed by atoms with E-state index in [4.69, 9.17) is 0 Å². The van der Waals surface area contributed by atoms with Gasteiger partial charge in [0.2, 0.25) is 5.91 Å². The summed E-state index contributed by atoms with van der Waals surface area (Å²) in [6.07, 6.45) is 8.10. The molecule has 0 unspecified atom stereocenters. The number of aromatic nitrogens is 1. The molecule has 1 amide bonds. The lowest BCUT2D eigenvalue weighted by Gasteiger charge is -2.37. The minimum Gasteiger partial charge on any atom is -0.324 e. The topological polar surface area (TPSA) is 54.0 Å². The third-order valence-corrected chi connectivity index (χ3v) is 4.78. The van der Waals surface area contributed by atoms with E-state index >= 15 is 0 Å². The Hall–Kier alpha value is -0.840. The maximum atomic E-state index is 12.7. The second-order valence-electron chi connectivity index (χ2n) is 5.87. The van der Waals surface area contributed by atoms with Crippen molar-refractivity contribution in [1.82, 2.24) is 10.3 Å². The molecular weight excluding hydrogens is 309 g/mol. The van der Waals surface area contributed by atoms with Gasteiger partial charge >= 0.3 is 0 Å². The highest BCUT2D eigenvalue weighted by Crippen LogP contribution is 2.44. The summed E-state index contributed by atoms with van der Waals surface area (Å²) in [5.74, 6) is 0.677. The first-order valence-corrected chi connectivity index (χ1v) is 7.15. The standard InChI is InChI=1S/C15H21N3O.2ClH/c1-11-5-7-16-9-13(11)18-14(19)15-6-3-2-4-12(15)8-17-10-15;;/h5,7,9,12,17H,2-4,6,8,10H2,1H3,(H,18,19);2*1H/t12-,15+;;/m0../s1. The molecule has 2 atom stereocenters. The number of carbonyl (C=O) groups excluding carboxylic acids is 1. The molecule has 1 aliphatic carbocycles. The third-order valence-electron chi connectivity index (χ3n) is 4.78. The van der Waals surface area contributed by atoms with Gasteiger partial charge in [0, 0.05) is 12.7 Å². The number of anilines is 1. The van der Waals surface area contributed by atoms with Crippen molar-refractivity contribution in [3.63, 3.8) is 0 Å². The maximum absolute atomic E-state index is 12.7. The van der Waals surface area contributed by atoms with E-state index in [0.717, 1.165) is 37.2 Å². The van der Waals surface area contributed by atoms with Gasteiger partial charge < -0.3 is 10.6 Å². The Kier molecular flexibility index (Phi) is 6.44. The van der Waals surface area contributed by atoms with Gasteiger partial charge in [-0.25, -0.2) is 0 Å². The summed E-state index contributed by atoms with van der Waals surface area (Å²) in [5.41, 5.74) is 1.72. The van der Waals surface area contributed by atoms with Gasteiger partial charge in [-0.1, -0.05) is 12.8 Å². The molecule has 1 aromatic rings. The summed E-state index contributed by atoms with van der Waals surface area (Å²) >= 11 is 0. The molecule has 2 aliphatic rings. The number of nitrogens with zero attached hydrogens (tertiary/aromatic N) is 1. The molecule has 1 aromatic heterocycles. The van der Waals surface area contributed by atoms with Crippen LogP contribution in [0.15, 0.2) is 18.5 Å². The van der Waals surface area contributed by atoms with Gasteiger partial charge in [0.05, 0.1) is 17.3 Å². The van der Waals surface area contributed by atoms with Crippen molar-refractivity contribution in [2.24, 2.45) is 11.3 Å². The van der Waals surface area contributed by atoms with Crippen LogP contribution in [0.2, 0.25) is 0 Å². The molecule has 2 fully saturated rings. The van der Waals surface area contributed by atoms with Crippen LogP contribution >= 0.6 is 24.8 Å². The zero-order valence-corrected chi connectivity index (χ0v) is 13.9. The SMILES string of the molecule is Cc1ccncc1NC(=O)[C@@]12CCCC[C@H]1CNC2.Cl.Cl. The van der Waals surface area contributed by atoms with Crippen molar-refractivity contribution < 1.29 is 4.79 Å². The fraction of sp³-hybridized carbons (Fsp3) is 0.600. The van der Waals surface area contributed by atoms with Crippen molar-refractivity contribution >= 4 is 36.4 Å². The van der Waals surface area contributed by atoms with E-state index in [1.165, 1.54) is 12.8 Å². The molecule has 1 saturated carbocycles. The number of carbonyl (C=O) groups is 1. The molecule has 0 bridgehead atoms. The summed E-state index contributed by atoms with van der Waals surface area (Å²) < 4.78 is 0. The van der Waals surface area contributed by atoms with Crippen LogP contribution in [0.1, 0.15) is 31.2 Å². The van der Waals surface area contributed by atoms with Gasteiger partial charge in [-0.15, -0.1) is 24.8 Å². The molecule has 118 valence electrons. The zero-order valence-electron chi connectivity index (χ0n) is 12.2. The van der Waals surface area contributed by atoms with E-state index in [0.29, 0.717) is 5.92 Å². The van der Waals surface area contributed by atoms with Crippen molar-refractivity contribution in [3.8, 4) is 0 Å². The summed E-state index contributed by atoms with van der Waals surface area (Å²) in [5, 5.41) is 6.51. The van der Waals surface area contributed by atoms with Crippen molar-refractivity contribution in [3.05, 3.63) is 24.0 Å². The Labute approximate surface area is 138 Å². The van der Waals surface area contributed by atoms with Crippen LogP contribution in [0, 0.1) is 18.3 Å². The van der Waals surface area contributed by atoms with Gasteiger partial charge in [-0.05, 0) is 43.9 Å². The van der Waals surface area contributed by atoms with E-state index < -0.39 is 0 Å². The largest absolute Gasteiger partial charge is 0.324 e. The highest BCUT2D eigenvalue weighted by molar-refractivity contribution is 5.96. The number of halogens is 2. The lowest BCUT2D eigenvalue weighted by atomic mass is 9.67. The Bertz CT molecular complexity index is 498. The molecule has 4 nitrogen and oxygen atoms in total. The number of pyridine rings is 1. The maximum Gasteiger partial charge on any atom is 0.232 e. The van der Waals surface area contributed by atoms with Crippen LogP contribution in [-0.2, 0) is 4.79 Å². The predicted octanol–water partition coefficient (Wildman–Crippen LogP) is 2.95. The van der Waals surface area contributed by atoms with Gasteiger partial charge in [0.15, 0.2) is 0 Å². The van der Waals surface area contributed by atoms with E-state index in [9.17, 15) is 4.79 Å². The minimum atomic E-state index is -0.194. The number of fused-ring (bicyclic) bond motifs is 1. The molecule has 2 N–H and O–H groups in total. The predicted molar refractivity (Wildman–Crippen MR) is 89.4 cm³/mol. The van der Waals surface area contributed by atoms with E-state index in [-0.39, 0.29) is 36.1 Å². The summed E-state index contributed by atoms with van der Waals surface area (Å²) in [4.78, 5) is 16.8. The number of rotatable bonds is 2. The third kappa shape index (κ3) is 3.33. The number of nitrogens with one attached hydrogen (secondary N) is 2. The van der Waals surface area contributed by atoms with E-state index in [2.05, 4.69) is 15.6 Å². The number of hydrogen-bond acceptors (Lipinski definition) is 3. The first-order chi connectivity index (χ1) is 9.22. The summed E-state index contributed by atoms with van der Waals surface area (Å²) in [6, 6.07) is 1.93. The second-order valence-corrected chi connectivity index (χ2v) is 5.87. The molecule has 0 aromatic carbocycles. The van der Waals surface area contributed by atoms with Crippen molar-refractivity contribution in [2.45, 2.75) is 32.6 Å². The highest BCUT2D eigenvalue weighted by Gasteiger charge is 2.49. The Morgan fingerprint density at radius 3 is 3.00 bits per heavy atom. The fourth-order valence-corrected chi connectivity index (χ4v) is 3.53. The Balaban J connectivity index is 0.00000110. The van der Waals surface area contributed by atoms with Crippen LogP contribution in [0.3, 0.4) is 0 Å². The smallest absolute Gasteiger partial charge is 0.232 e. The van der Waals surface area contributed by atoms with Crippen LogP contribution in [0.5, 0.6) is 0 Å². The lowest BCUT2D eigenvalue weighted by Crippen LogP contribution is -2.44. The molecule has 2 heterocycles. The fourth-order valence-electron chi connectivity index (χ4n) is 3.53. The molecule has 1 aliphatic heterocycles. The van der Waals surface area contributed by atoms with Crippen molar-refractivity contribution in [1.29, 1.82) is 0 Å². The number of amides is 1. The van der Waals surface area contributed by atoms with E-state index in [1.54, 1.807) is 12.4 Å². The van der Waals surface area contributed by atoms with Crippen molar-refractivity contribution in [2.75, 3.05) is 18.4 Å². The molecule has 0 spiro atoms. The van der Waals surface area contributed by atoms with Gasteiger partial charge in [-0.2, -0.15) is 0 Å². The Morgan fingerprint density at radius 2 is 2.24 bits per heavy atom. The highest BCUT2D eigenvalue weighted by atomic mass is 35.5. The first-order valence-electron chi connectivity index (χ1n) is 7.15. The molecular formula is C15H23Cl2N3O. The monoisotopic (exact) mass is 331 g/mol. The van der Waals surface area contributed by atoms with Gasteiger partial charge in [0.25, 0.3) is 0 Å². The Morgan fingerprint density at radius 1 is 1.43 bits per heavy atom. The van der Waals surface area contributed by atoms with Gasteiger partial charge in [-0.3, -0.25) is 9.78 Å². The molecule has 3 rings (SSSR count). The van der Waals surface area contributed by atoms with Crippen LogP contribution in [0.25, 0.3) is 0 Å². The quantitative estimate of drug-likeness (QED) is 0.875. The summed E-state index contributed by atoms with van der Waals surface area (Å²) in [6.45, 7) is 3.81. The number of aryl methyl sites for hydroxylation is 1. The summed E-state index contributed by atoms with van der Waals surface area (Å²) in [7, 11) is 0. The molecule has 6 heteroatoms. The lowest BCUT2D eigenvalue weighted by molar-refractivity contribution is -0.128. The van der Waals surface area contributed by atoms with Crippen LogP contribution in [0.4, 0.5) is 5.69 Å². The number of hydrogen-bond donors (Lipinski definition) is 2. The van der Waals surface area contributed by atoms with Gasteiger partial charge in [0.1, 0.15) is 0 Å². The second kappa shape index (κ2) is 7.43. The first kappa shape index (κ1) is 18.2. The molecule has 21 heavy (non-hydrogen) atoms. The van der Waals surface area contributed by atoms with Crippen LogP contribution < -0.4 is 10.6 Å². The minimum absolute atomic E-state index is 0. The van der Waals surface area contributed by atoms with E-state index in [1.807, 2.05) is 13.0 Å². The normalized spacial score (nSPS) is 27.0.